The maximum absolute atomic E-state index is 12.0. The zero-order valence-electron chi connectivity index (χ0n) is 12.3. The lowest BCUT2D eigenvalue weighted by molar-refractivity contribution is -0.384. The lowest BCUT2D eigenvalue weighted by Crippen LogP contribution is -2.24. The number of anilines is 1. The van der Waals surface area contributed by atoms with Crippen LogP contribution < -0.4 is 5.32 Å². The number of nitro groups is 1. The lowest BCUT2D eigenvalue weighted by Gasteiger charge is -2.08. The Bertz CT molecular complexity index is 869. The molecule has 2 aromatic rings. The standard InChI is InChI=1S/C15H13ClN2O5S/c16-13-8-12(18(20)21)6-7-14(13)17-15(19)10-24(22,23)9-11-4-2-1-3-5-11/h1-8H,9-10H2,(H,17,19). The number of carbonyl (C=O) groups excluding carboxylic acids is 1. The van der Waals surface area contributed by atoms with Crippen LogP contribution in [0.25, 0.3) is 0 Å². The quantitative estimate of drug-likeness (QED) is 0.623. The van der Waals surface area contributed by atoms with Crippen molar-refractivity contribution in [1.82, 2.24) is 0 Å². The summed E-state index contributed by atoms with van der Waals surface area (Å²) in [5, 5.41) is 12.9. The number of nitrogens with zero attached hydrogens (tertiary/aromatic N) is 1. The maximum Gasteiger partial charge on any atom is 0.271 e. The van der Waals surface area contributed by atoms with Gasteiger partial charge >= 0.3 is 0 Å². The number of nitrogens with one attached hydrogen (secondary N) is 1. The number of non-ortho nitro benzene ring substituents is 1. The molecule has 24 heavy (non-hydrogen) atoms. The highest BCUT2D eigenvalue weighted by atomic mass is 35.5. The Hall–Kier alpha value is -2.45. The summed E-state index contributed by atoms with van der Waals surface area (Å²) < 4.78 is 24.1. The first-order chi connectivity index (χ1) is 11.3. The number of sulfone groups is 1. The van der Waals surface area contributed by atoms with Crippen molar-refractivity contribution in [3.05, 3.63) is 69.2 Å². The Morgan fingerprint density at radius 2 is 1.83 bits per heavy atom. The van der Waals surface area contributed by atoms with E-state index in [0.29, 0.717) is 5.56 Å². The minimum Gasteiger partial charge on any atom is -0.324 e. The van der Waals surface area contributed by atoms with Gasteiger partial charge in [0.25, 0.3) is 5.69 Å². The summed E-state index contributed by atoms with van der Waals surface area (Å²) in [6.45, 7) is 0. The smallest absolute Gasteiger partial charge is 0.271 e. The second kappa shape index (κ2) is 7.41. The van der Waals surface area contributed by atoms with Gasteiger partial charge < -0.3 is 5.32 Å². The topological polar surface area (TPSA) is 106 Å². The molecule has 0 saturated heterocycles. The fourth-order valence-electron chi connectivity index (χ4n) is 1.98. The molecule has 0 bridgehead atoms. The van der Waals surface area contributed by atoms with E-state index in [0.717, 1.165) is 6.07 Å². The van der Waals surface area contributed by atoms with Crippen molar-refractivity contribution < 1.29 is 18.1 Å². The number of carbonyl (C=O) groups is 1. The van der Waals surface area contributed by atoms with Crippen LogP contribution >= 0.6 is 11.6 Å². The molecule has 0 unspecified atom stereocenters. The van der Waals surface area contributed by atoms with Crippen LogP contribution in [0.5, 0.6) is 0 Å². The summed E-state index contributed by atoms with van der Waals surface area (Å²) in [6.07, 6.45) is 0. The van der Waals surface area contributed by atoms with Gasteiger partial charge in [0.05, 0.1) is 21.4 Å². The van der Waals surface area contributed by atoms with Crippen LogP contribution in [0.15, 0.2) is 48.5 Å². The molecule has 0 aromatic heterocycles. The molecule has 1 amide bonds. The molecule has 0 radical (unpaired) electrons. The normalized spacial score (nSPS) is 11.0. The van der Waals surface area contributed by atoms with Gasteiger partial charge in [-0.3, -0.25) is 14.9 Å². The average Bonchev–Trinajstić information content (AvgIpc) is 2.49. The third-order valence-corrected chi connectivity index (χ3v) is 4.81. The molecule has 0 aliphatic rings. The molecule has 0 aliphatic heterocycles. The van der Waals surface area contributed by atoms with Crippen LogP contribution in [0.4, 0.5) is 11.4 Å². The highest BCUT2D eigenvalue weighted by Gasteiger charge is 2.19. The Kier molecular flexibility index (Phi) is 5.53. The van der Waals surface area contributed by atoms with Crippen molar-refractivity contribution in [2.75, 3.05) is 11.1 Å². The van der Waals surface area contributed by atoms with Gasteiger partial charge in [-0.1, -0.05) is 41.9 Å². The highest BCUT2D eigenvalue weighted by Crippen LogP contribution is 2.26. The highest BCUT2D eigenvalue weighted by molar-refractivity contribution is 7.91. The largest absolute Gasteiger partial charge is 0.324 e. The summed E-state index contributed by atoms with van der Waals surface area (Å²) in [6, 6.07) is 12.0. The van der Waals surface area contributed by atoms with Gasteiger partial charge in [0.15, 0.2) is 9.84 Å². The molecule has 7 nitrogen and oxygen atoms in total. The molecular weight excluding hydrogens is 356 g/mol. The van der Waals surface area contributed by atoms with E-state index < -0.39 is 26.4 Å². The van der Waals surface area contributed by atoms with Crippen molar-refractivity contribution in [3.8, 4) is 0 Å². The van der Waals surface area contributed by atoms with E-state index in [-0.39, 0.29) is 22.2 Å². The molecule has 0 fully saturated rings. The van der Waals surface area contributed by atoms with E-state index in [9.17, 15) is 23.3 Å². The summed E-state index contributed by atoms with van der Waals surface area (Å²) >= 11 is 5.85. The van der Waals surface area contributed by atoms with Gasteiger partial charge in [-0.2, -0.15) is 0 Å². The van der Waals surface area contributed by atoms with Crippen LogP contribution in [-0.4, -0.2) is 25.0 Å². The monoisotopic (exact) mass is 368 g/mol. The van der Waals surface area contributed by atoms with Crippen molar-refractivity contribution >= 4 is 38.7 Å². The Labute approximate surface area is 143 Å². The van der Waals surface area contributed by atoms with Crippen molar-refractivity contribution in [1.29, 1.82) is 0 Å². The van der Waals surface area contributed by atoms with Crippen LogP contribution in [0.1, 0.15) is 5.56 Å². The Morgan fingerprint density at radius 1 is 1.17 bits per heavy atom. The van der Waals surface area contributed by atoms with Crippen molar-refractivity contribution in [2.45, 2.75) is 5.75 Å². The first-order valence-electron chi connectivity index (χ1n) is 6.75. The summed E-state index contributed by atoms with van der Waals surface area (Å²) in [7, 11) is -3.65. The second-order valence-corrected chi connectivity index (χ2v) is 7.46. The first kappa shape index (κ1) is 17.9. The summed E-state index contributed by atoms with van der Waals surface area (Å²) in [5.74, 6) is -1.73. The molecule has 0 heterocycles. The van der Waals surface area contributed by atoms with Crippen LogP contribution in [-0.2, 0) is 20.4 Å². The summed E-state index contributed by atoms with van der Waals surface area (Å²) in [5.41, 5.74) is 0.468. The van der Waals surface area contributed by atoms with E-state index in [1.165, 1.54) is 12.1 Å². The predicted molar refractivity (Wildman–Crippen MR) is 90.7 cm³/mol. The molecule has 0 aliphatic carbocycles. The van der Waals surface area contributed by atoms with Gasteiger partial charge in [0.2, 0.25) is 5.91 Å². The van der Waals surface area contributed by atoms with E-state index in [1.54, 1.807) is 30.3 Å². The van der Waals surface area contributed by atoms with Crippen LogP contribution in [0.3, 0.4) is 0 Å². The molecule has 2 rings (SSSR count). The SMILES string of the molecule is O=C(CS(=O)(=O)Cc1ccccc1)Nc1ccc([N+](=O)[O-])cc1Cl. The third kappa shape index (κ3) is 5.04. The number of halogens is 1. The number of amides is 1. The van der Waals surface area contributed by atoms with E-state index in [2.05, 4.69) is 5.32 Å². The average molecular weight is 369 g/mol. The second-order valence-electron chi connectivity index (χ2n) is 4.99. The first-order valence-corrected chi connectivity index (χ1v) is 8.95. The third-order valence-electron chi connectivity index (χ3n) is 3.02. The molecule has 2 aromatic carbocycles. The Morgan fingerprint density at radius 3 is 2.42 bits per heavy atom. The summed E-state index contributed by atoms with van der Waals surface area (Å²) in [4.78, 5) is 21.9. The fourth-order valence-corrected chi connectivity index (χ4v) is 3.48. The Balaban J connectivity index is 2.04. The minimum atomic E-state index is -3.65. The molecule has 0 spiro atoms. The predicted octanol–water partition coefficient (Wildman–Crippen LogP) is 2.80. The number of nitro benzene ring substituents is 1. The maximum atomic E-state index is 12.0. The van der Waals surface area contributed by atoms with Crippen molar-refractivity contribution in [3.63, 3.8) is 0 Å². The lowest BCUT2D eigenvalue weighted by atomic mass is 10.2. The number of rotatable bonds is 6. The van der Waals surface area contributed by atoms with E-state index in [1.807, 2.05) is 0 Å². The molecule has 0 atom stereocenters. The number of benzene rings is 2. The number of hydrogen-bond donors (Lipinski definition) is 1. The fraction of sp³-hybridized carbons (Fsp3) is 0.133. The molecule has 9 heteroatoms. The number of hydrogen-bond acceptors (Lipinski definition) is 5. The minimum absolute atomic E-state index is 0.0435. The molecule has 1 N–H and O–H groups in total. The van der Waals surface area contributed by atoms with E-state index >= 15 is 0 Å². The molecule has 126 valence electrons. The zero-order chi connectivity index (χ0) is 17.7. The van der Waals surface area contributed by atoms with E-state index in [4.69, 9.17) is 11.6 Å². The van der Waals surface area contributed by atoms with Gasteiger partial charge in [0, 0.05) is 12.1 Å². The van der Waals surface area contributed by atoms with Gasteiger partial charge in [-0.05, 0) is 11.6 Å². The zero-order valence-corrected chi connectivity index (χ0v) is 13.9. The van der Waals surface area contributed by atoms with Crippen LogP contribution in [0, 0.1) is 10.1 Å². The molecule has 0 saturated carbocycles. The van der Waals surface area contributed by atoms with Gasteiger partial charge in [-0.25, -0.2) is 8.42 Å². The van der Waals surface area contributed by atoms with Crippen LogP contribution in [0.2, 0.25) is 5.02 Å². The molecular formula is C15H13ClN2O5S. The van der Waals surface area contributed by atoms with Gasteiger partial charge in [-0.15, -0.1) is 0 Å². The van der Waals surface area contributed by atoms with Gasteiger partial charge in [0.1, 0.15) is 5.75 Å². The van der Waals surface area contributed by atoms with Crippen molar-refractivity contribution in [2.24, 2.45) is 0 Å².